The number of hydrogen-bond donors (Lipinski definition) is 12. The highest BCUT2D eigenvalue weighted by Gasteiger charge is 2.53. The normalized spacial score (nSPS) is 29.8. The van der Waals surface area contributed by atoms with Crippen molar-refractivity contribution in [2.75, 3.05) is 26.4 Å². The fourth-order valence-corrected chi connectivity index (χ4v) is 11.3. The summed E-state index contributed by atoms with van der Waals surface area (Å²) < 4.78 is 34.4. The maximum absolute atomic E-state index is 13.4. The van der Waals surface area contributed by atoms with Crippen LogP contribution in [0.3, 0.4) is 0 Å². The molecule has 3 fully saturated rings. The van der Waals surface area contributed by atoms with E-state index in [1.807, 2.05) is 0 Å². The van der Waals surface area contributed by atoms with E-state index in [0.717, 1.165) is 57.8 Å². The number of amides is 1. The quantitative estimate of drug-likeness (QED) is 0.0217. The van der Waals surface area contributed by atoms with E-state index < -0.39 is 124 Å². The van der Waals surface area contributed by atoms with Gasteiger partial charge in [-0.05, 0) is 38.5 Å². The third kappa shape index (κ3) is 29.2. The minimum absolute atomic E-state index is 0.245. The number of unbranched alkanes of at least 4 members (excludes halogenated alkanes) is 31. The average molecular weight is 1160 g/mol. The van der Waals surface area contributed by atoms with Crippen LogP contribution in [0.5, 0.6) is 0 Å². The van der Waals surface area contributed by atoms with E-state index in [4.69, 9.17) is 28.4 Å². The molecule has 0 aromatic carbocycles. The predicted molar refractivity (Wildman–Crippen MR) is 310 cm³/mol. The van der Waals surface area contributed by atoms with Crippen LogP contribution in [0.4, 0.5) is 0 Å². The van der Waals surface area contributed by atoms with E-state index in [-0.39, 0.29) is 18.9 Å². The van der Waals surface area contributed by atoms with Gasteiger partial charge in [0, 0.05) is 6.42 Å². The molecule has 0 aromatic rings. The highest BCUT2D eigenvalue weighted by atomic mass is 16.8. The maximum Gasteiger partial charge on any atom is 0.220 e. The zero-order chi connectivity index (χ0) is 59.0. The van der Waals surface area contributed by atoms with Crippen LogP contribution >= 0.6 is 0 Å². The second kappa shape index (κ2) is 45.8. The first kappa shape index (κ1) is 73.8. The Labute approximate surface area is 486 Å². The zero-order valence-corrected chi connectivity index (χ0v) is 50.0. The van der Waals surface area contributed by atoms with Gasteiger partial charge in [-0.1, -0.05) is 212 Å². The van der Waals surface area contributed by atoms with Crippen molar-refractivity contribution in [2.24, 2.45) is 0 Å². The van der Waals surface area contributed by atoms with Crippen molar-refractivity contribution >= 4 is 5.91 Å². The Morgan fingerprint density at radius 1 is 0.432 bits per heavy atom. The number of rotatable bonds is 49. The van der Waals surface area contributed by atoms with Gasteiger partial charge >= 0.3 is 0 Å². The van der Waals surface area contributed by atoms with Crippen LogP contribution in [0.2, 0.25) is 0 Å². The molecule has 1 amide bonds. The molecule has 0 aliphatic carbocycles. The van der Waals surface area contributed by atoms with E-state index in [0.29, 0.717) is 12.8 Å². The highest BCUT2D eigenvalue weighted by molar-refractivity contribution is 5.76. The standard InChI is InChI=1S/C62H117NO18/c1-3-5-7-9-11-13-15-17-19-21-23-25-27-29-31-33-35-37-39-46(67)45(63-50(68)40-38-36-34-32-30-28-26-24-22-20-18-16-14-12-10-8-6-4-2)44-76-60-56(74)53(71)58(48(42-65)78-60)81-62-57(75)54(72)59(49(43-66)79-62)80-61-55(73)52(70)51(69)47(41-64)77-61/h20,22,45-49,51-62,64-67,69-75H,3-19,21,23-44H2,1-2H3,(H,63,68)/b22-20-. The molecule has 19 nitrogen and oxygen atoms in total. The molecule has 81 heavy (non-hydrogen) atoms. The summed E-state index contributed by atoms with van der Waals surface area (Å²) in [6.45, 7) is 1.81. The van der Waals surface area contributed by atoms with Crippen LogP contribution in [-0.2, 0) is 33.2 Å². The smallest absolute Gasteiger partial charge is 0.220 e. The number of aliphatic hydroxyl groups excluding tert-OH is 11. The Bertz CT molecular complexity index is 1530. The van der Waals surface area contributed by atoms with Gasteiger partial charge in [-0.25, -0.2) is 0 Å². The summed E-state index contributed by atoms with van der Waals surface area (Å²) in [4.78, 5) is 13.4. The lowest BCUT2D eigenvalue weighted by Crippen LogP contribution is -2.66. The maximum atomic E-state index is 13.4. The van der Waals surface area contributed by atoms with E-state index in [1.165, 1.54) is 154 Å². The minimum Gasteiger partial charge on any atom is -0.394 e. The monoisotopic (exact) mass is 1160 g/mol. The lowest BCUT2D eigenvalue weighted by Gasteiger charge is -2.48. The molecule has 0 aromatic heterocycles. The number of aliphatic hydroxyl groups is 11. The Hall–Kier alpha value is -1.47. The number of nitrogens with one attached hydrogen (secondary N) is 1. The molecule has 12 N–H and O–H groups in total. The first-order valence-electron chi connectivity index (χ1n) is 32.4. The summed E-state index contributed by atoms with van der Waals surface area (Å²) in [5.41, 5.74) is 0. The van der Waals surface area contributed by atoms with Crippen LogP contribution in [-0.4, -0.2) is 193 Å². The van der Waals surface area contributed by atoms with Crippen molar-refractivity contribution in [1.29, 1.82) is 0 Å². The fraction of sp³-hybridized carbons (Fsp3) is 0.952. The fourth-order valence-electron chi connectivity index (χ4n) is 11.3. The van der Waals surface area contributed by atoms with Crippen LogP contribution in [0.1, 0.15) is 245 Å². The number of hydrogen-bond acceptors (Lipinski definition) is 18. The van der Waals surface area contributed by atoms with Crippen molar-refractivity contribution in [1.82, 2.24) is 5.32 Å². The largest absolute Gasteiger partial charge is 0.394 e. The molecule has 0 bridgehead atoms. The topological polar surface area (TPSA) is 307 Å². The van der Waals surface area contributed by atoms with Gasteiger partial charge in [0.2, 0.25) is 5.91 Å². The summed E-state index contributed by atoms with van der Waals surface area (Å²) in [7, 11) is 0. The lowest BCUT2D eigenvalue weighted by molar-refractivity contribution is -0.379. The Kier molecular flexibility index (Phi) is 41.7. The average Bonchev–Trinajstić information content (AvgIpc) is 3.51. The van der Waals surface area contributed by atoms with E-state index in [2.05, 4.69) is 31.3 Å². The summed E-state index contributed by atoms with van der Waals surface area (Å²) in [5.74, 6) is -0.245. The first-order chi connectivity index (χ1) is 39.3. The molecule has 17 unspecified atom stereocenters. The third-order valence-corrected chi connectivity index (χ3v) is 16.6. The number of ether oxygens (including phenoxy) is 6. The molecular weight excluding hydrogens is 1050 g/mol. The second-order valence-corrected chi connectivity index (χ2v) is 23.6. The third-order valence-electron chi connectivity index (χ3n) is 16.6. The molecule has 0 radical (unpaired) electrons. The zero-order valence-electron chi connectivity index (χ0n) is 50.0. The first-order valence-corrected chi connectivity index (χ1v) is 32.4. The van der Waals surface area contributed by atoms with E-state index in [9.17, 15) is 61.0 Å². The van der Waals surface area contributed by atoms with E-state index in [1.54, 1.807) is 0 Å². The minimum atomic E-state index is -1.97. The Morgan fingerprint density at radius 3 is 1.20 bits per heavy atom. The molecule has 478 valence electrons. The number of carbonyl (C=O) groups is 1. The molecular formula is C62H117NO18. The Balaban J connectivity index is 1.47. The molecule has 0 saturated carbocycles. The van der Waals surface area contributed by atoms with Crippen LogP contribution in [0.15, 0.2) is 12.2 Å². The molecule has 3 heterocycles. The molecule has 0 spiro atoms. The molecule has 19 heteroatoms. The van der Waals surface area contributed by atoms with Crippen molar-refractivity contribution in [3.05, 3.63) is 12.2 Å². The second-order valence-electron chi connectivity index (χ2n) is 23.6. The van der Waals surface area contributed by atoms with Crippen LogP contribution < -0.4 is 5.32 Å². The molecule has 3 rings (SSSR count). The SMILES string of the molecule is CCCCCCCCC/C=C\CCCCCCCCCC(=O)NC(COC1OC(CO)C(OC2OC(CO)C(OC3OC(CO)C(O)C(O)C3O)C(O)C2O)C(O)C1O)C(O)CCCCCCCCCCCCCCCCCCCC. The van der Waals surface area contributed by atoms with Gasteiger partial charge in [0.15, 0.2) is 18.9 Å². The van der Waals surface area contributed by atoms with Gasteiger partial charge in [0.1, 0.15) is 73.2 Å². The molecule has 17 atom stereocenters. The molecule has 3 aliphatic heterocycles. The van der Waals surface area contributed by atoms with Crippen LogP contribution in [0, 0.1) is 0 Å². The van der Waals surface area contributed by atoms with Crippen molar-refractivity contribution in [2.45, 2.75) is 349 Å². The van der Waals surface area contributed by atoms with Gasteiger partial charge in [0.25, 0.3) is 0 Å². The molecule has 3 saturated heterocycles. The van der Waals surface area contributed by atoms with Crippen molar-refractivity contribution < 1.29 is 89.4 Å². The summed E-state index contributed by atoms with van der Waals surface area (Å²) in [6.07, 6.45) is 20.0. The number of allylic oxidation sites excluding steroid dienone is 2. The Morgan fingerprint density at radius 2 is 0.778 bits per heavy atom. The van der Waals surface area contributed by atoms with Gasteiger partial charge in [-0.2, -0.15) is 0 Å². The summed E-state index contributed by atoms with van der Waals surface area (Å²) in [6, 6.07) is -0.886. The summed E-state index contributed by atoms with van der Waals surface area (Å²) >= 11 is 0. The van der Waals surface area contributed by atoms with Crippen molar-refractivity contribution in [3.63, 3.8) is 0 Å². The van der Waals surface area contributed by atoms with Gasteiger partial charge < -0.3 is 89.9 Å². The molecule has 3 aliphatic rings. The lowest BCUT2D eigenvalue weighted by atomic mass is 9.96. The van der Waals surface area contributed by atoms with Crippen molar-refractivity contribution in [3.8, 4) is 0 Å². The van der Waals surface area contributed by atoms with Gasteiger partial charge in [-0.3, -0.25) is 4.79 Å². The van der Waals surface area contributed by atoms with Gasteiger partial charge in [0.05, 0.1) is 38.6 Å². The highest BCUT2D eigenvalue weighted by Crippen LogP contribution is 2.33. The predicted octanol–water partition coefficient (Wildman–Crippen LogP) is 6.94. The number of carbonyl (C=O) groups excluding carboxylic acids is 1. The summed E-state index contributed by atoms with van der Waals surface area (Å²) in [5, 5.41) is 120. The van der Waals surface area contributed by atoms with Crippen LogP contribution in [0.25, 0.3) is 0 Å². The van der Waals surface area contributed by atoms with Gasteiger partial charge in [-0.15, -0.1) is 0 Å². The van der Waals surface area contributed by atoms with E-state index >= 15 is 0 Å².